The van der Waals surface area contributed by atoms with Gasteiger partial charge in [-0.05, 0) is 48.2 Å². The molecule has 2 aliphatic heterocycles. The summed E-state index contributed by atoms with van der Waals surface area (Å²) in [5.41, 5.74) is 2.98. The molecule has 0 aliphatic carbocycles. The van der Waals surface area contributed by atoms with Gasteiger partial charge in [0.05, 0.1) is 17.8 Å². The fourth-order valence-electron chi connectivity index (χ4n) is 4.07. The van der Waals surface area contributed by atoms with Gasteiger partial charge in [0.15, 0.2) is 11.5 Å². The van der Waals surface area contributed by atoms with Crippen LogP contribution < -0.4 is 9.47 Å². The third-order valence-electron chi connectivity index (χ3n) is 5.74. The van der Waals surface area contributed by atoms with Crippen molar-refractivity contribution in [3.63, 3.8) is 0 Å². The lowest BCUT2D eigenvalue weighted by Gasteiger charge is -2.26. The maximum absolute atomic E-state index is 13.5. The van der Waals surface area contributed by atoms with Crippen LogP contribution in [0.4, 0.5) is 0 Å². The topological polar surface area (TPSA) is 48.0 Å². The summed E-state index contributed by atoms with van der Waals surface area (Å²) < 4.78 is 17.5. The Morgan fingerprint density at radius 3 is 2.64 bits per heavy atom. The average Bonchev–Trinajstić information content (AvgIpc) is 3.57. The molecule has 2 aromatic carbocycles. The zero-order valence-corrected chi connectivity index (χ0v) is 20.7. The minimum Gasteiger partial charge on any atom is -0.493 e. The van der Waals surface area contributed by atoms with Crippen LogP contribution in [0.15, 0.2) is 55.1 Å². The Morgan fingerprint density at radius 1 is 1.18 bits per heavy atom. The summed E-state index contributed by atoms with van der Waals surface area (Å²) in [6, 6.07) is 13.9. The average molecular weight is 486 g/mol. The number of methoxy groups -OCH3 is 1. The molecule has 0 aromatic heterocycles. The van der Waals surface area contributed by atoms with Gasteiger partial charge in [0.25, 0.3) is 5.91 Å². The van der Waals surface area contributed by atoms with Crippen molar-refractivity contribution in [1.82, 2.24) is 4.90 Å². The summed E-state index contributed by atoms with van der Waals surface area (Å²) in [4.78, 5) is 15.4. The highest BCUT2D eigenvalue weighted by Gasteiger charge is 2.25. The number of thioether (sulfide) groups is 2. The summed E-state index contributed by atoms with van der Waals surface area (Å²) in [5, 5.41) is 0. The molecule has 0 spiro atoms. The standard InChI is InChI=1S/C26H31NO4S2/c1-3-12-31-23-11-6-19(16-24(23)29-2)17-27(18-22-5-4-13-30-22)25(28)20-7-9-21(10-8-20)26-32-14-15-33-26/h3,6-11,16,22,26H,1,4-5,12-15,17-18H2,2H3. The lowest BCUT2D eigenvalue weighted by atomic mass is 10.1. The summed E-state index contributed by atoms with van der Waals surface area (Å²) in [6.07, 6.45) is 3.80. The van der Waals surface area contributed by atoms with Crippen molar-refractivity contribution in [2.24, 2.45) is 0 Å². The largest absolute Gasteiger partial charge is 0.493 e. The molecule has 0 radical (unpaired) electrons. The fourth-order valence-corrected chi connectivity index (χ4v) is 6.93. The molecule has 1 amide bonds. The Bertz CT molecular complexity index is 938. The SMILES string of the molecule is C=CCOc1ccc(CN(CC2CCCO2)C(=O)c2ccc(C3SCCS3)cc2)cc1OC. The summed E-state index contributed by atoms with van der Waals surface area (Å²) >= 11 is 3.94. The van der Waals surface area contributed by atoms with Gasteiger partial charge >= 0.3 is 0 Å². The Kier molecular flexibility index (Phi) is 8.64. The predicted octanol–water partition coefficient (Wildman–Crippen LogP) is 5.56. The van der Waals surface area contributed by atoms with Crippen LogP contribution in [0.2, 0.25) is 0 Å². The molecule has 2 heterocycles. The molecule has 176 valence electrons. The molecule has 0 N–H and O–H groups in total. The first-order valence-corrected chi connectivity index (χ1v) is 13.4. The van der Waals surface area contributed by atoms with Crippen molar-refractivity contribution in [2.75, 3.05) is 38.4 Å². The minimum atomic E-state index is 0.0229. The third-order valence-corrected chi connectivity index (χ3v) is 8.85. The normalized spacial score (nSPS) is 18.3. The maximum Gasteiger partial charge on any atom is 0.254 e. The lowest BCUT2D eigenvalue weighted by Crippen LogP contribution is -2.37. The van der Waals surface area contributed by atoms with Gasteiger partial charge < -0.3 is 19.1 Å². The van der Waals surface area contributed by atoms with E-state index in [1.54, 1.807) is 13.2 Å². The smallest absolute Gasteiger partial charge is 0.254 e. The molecule has 2 aromatic rings. The van der Waals surface area contributed by atoms with Crippen LogP contribution in [0.5, 0.6) is 11.5 Å². The second-order valence-corrected chi connectivity index (χ2v) is 10.8. The van der Waals surface area contributed by atoms with Crippen LogP contribution in [0.3, 0.4) is 0 Å². The zero-order valence-electron chi connectivity index (χ0n) is 19.0. The molecular weight excluding hydrogens is 454 g/mol. The number of nitrogens with zero attached hydrogens (tertiary/aromatic N) is 1. The Hall–Kier alpha value is -2.09. The Morgan fingerprint density at radius 2 is 1.97 bits per heavy atom. The van der Waals surface area contributed by atoms with Gasteiger partial charge in [0, 0.05) is 36.8 Å². The van der Waals surface area contributed by atoms with Crippen molar-refractivity contribution >= 4 is 29.4 Å². The first kappa shape index (κ1) is 24.0. The Labute approximate surface area is 204 Å². The van der Waals surface area contributed by atoms with Crippen molar-refractivity contribution in [3.05, 3.63) is 71.8 Å². The van der Waals surface area contributed by atoms with Crippen molar-refractivity contribution < 1.29 is 19.0 Å². The molecule has 33 heavy (non-hydrogen) atoms. The van der Waals surface area contributed by atoms with Gasteiger partial charge in [0.2, 0.25) is 0 Å². The van der Waals surface area contributed by atoms with Gasteiger partial charge in [-0.25, -0.2) is 0 Å². The van der Waals surface area contributed by atoms with E-state index < -0.39 is 0 Å². The monoisotopic (exact) mass is 485 g/mol. The van der Waals surface area contributed by atoms with E-state index in [1.807, 2.05) is 58.8 Å². The molecule has 5 nitrogen and oxygen atoms in total. The summed E-state index contributed by atoms with van der Waals surface area (Å²) in [7, 11) is 1.62. The quantitative estimate of drug-likeness (QED) is 0.411. The highest BCUT2D eigenvalue weighted by molar-refractivity contribution is 8.19. The molecule has 4 rings (SSSR count). The van der Waals surface area contributed by atoms with Gasteiger partial charge in [-0.2, -0.15) is 0 Å². The first-order chi connectivity index (χ1) is 16.2. The molecule has 0 bridgehead atoms. The molecule has 1 atom stereocenters. The van der Waals surface area contributed by atoms with Gasteiger partial charge in [-0.15, -0.1) is 23.5 Å². The van der Waals surface area contributed by atoms with E-state index in [2.05, 4.69) is 18.7 Å². The second kappa shape index (κ2) is 11.9. The second-order valence-electron chi connectivity index (χ2n) is 8.10. The van der Waals surface area contributed by atoms with Crippen molar-refractivity contribution in [1.29, 1.82) is 0 Å². The van der Waals surface area contributed by atoms with E-state index in [0.29, 0.717) is 41.3 Å². The van der Waals surface area contributed by atoms with Crippen LogP contribution in [-0.2, 0) is 11.3 Å². The van der Waals surface area contributed by atoms with Crippen LogP contribution in [0.1, 0.15) is 38.9 Å². The number of carbonyl (C=O) groups excluding carboxylic acids is 1. The number of carbonyl (C=O) groups is 1. The molecule has 2 aliphatic rings. The number of hydrogen-bond donors (Lipinski definition) is 0. The zero-order chi connectivity index (χ0) is 23.0. The van der Waals surface area contributed by atoms with Crippen molar-refractivity contribution in [2.45, 2.75) is 30.1 Å². The van der Waals surface area contributed by atoms with Crippen LogP contribution in [0, 0.1) is 0 Å². The van der Waals surface area contributed by atoms with E-state index in [-0.39, 0.29) is 12.0 Å². The number of rotatable bonds is 10. The van der Waals surface area contributed by atoms with Gasteiger partial charge in [-0.1, -0.05) is 30.9 Å². The van der Waals surface area contributed by atoms with E-state index in [0.717, 1.165) is 25.0 Å². The third kappa shape index (κ3) is 6.28. The summed E-state index contributed by atoms with van der Waals surface area (Å²) in [6.45, 7) is 5.92. The van der Waals surface area contributed by atoms with Crippen LogP contribution in [0.25, 0.3) is 0 Å². The fraction of sp³-hybridized carbons (Fsp3) is 0.423. The maximum atomic E-state index is 13.5. The lowest BCUT2D eigenvalue weighted by molar-refractivity contribution is 0.0507. The highest BCUT2D eigenvalue weighted by Crippen LogP contribution is 2.45. The molecule has 7 heteroatoms. The molecule has 1 unspecified atom stereocenters. The summed E-state index contributed by atoms with van der Waals surface area (Å²) in [5.74, 6) is 3.71. The molecular formula is C26H31NO4S2. The number of ether oxygens (including phenoxy) is 3. The number of benzene rings is 2. The molecule has 2 saturated heterocycles. The predicted molar refractivity (Wildman–Crippen MR) is 136 cm³/mol. The van der Waals surface area contributed by atoms with E-state index in [9.17, 15) is 4.79 Å². The van der Waals surface area contributed by atoms with Crippen LogP contribution >= 0.6 is 23.5 Å². The number of hydrogen-bond acceptors (Lipinski definition) is 6. The minimum absolute atomic E-state index is 0.0229. The van der Waals surface area contributed by atoms with Gasteiger partial charge in [-0.3, -0.25) is 4.79 Å². The number of amides is 1. The van der Waals surface area contributed by atoms with Gasteiger partial charge in [0.1, 0.15) is 6.61 Å². The Balaban J connectivity index is 1.52. The molecule has 0 saturated carbocycles. The van der Waals surface area contributed by atoms with E-state index in [1.165, 1.54) is 17.1 Å². The highest BCUT2D eigenvalue weighted by atomic mass is 32.2. The van der Waals surface area contributed by atoms with E-state index >= 15 is 0 Å². The van der Waals surface area contributed by atoms with Crippen molar-refractivity contribution in [3.8, 4) is 11.5 Å². The van der Waals surface area contributed by atoms with E-state index in [4.69, 9.17) is 14.2 Å². The molecule has 2 fully saturated rings. The first-order valence-electron chi connectivity index (χ1n) is 11.3. The van der Waals surface area contributed by atoms with Crippen LogP contribution in [-0.4, -0.2) is 55.3 Å².